The van der Waals surface area contributed by atoms with Crippen molar-refractivity contribution < 1.29 is 14.7 Å². The molecule has 1 N–H and O–H groups in total. The maximum absolute atomic E-state index is 12.3. The Morgan fingerprint density at radius 2 is 2.05 bits per heavy atom. The lowest BCUT2D eigenvalue weighted by atomic mass is 9.80. The number of aromatic nitrogens is 2. The van der Waals surface area contributed by atoms with Crippen LogP contribution in [0.3, 0.4) is 0 Å². The van der Waals surface area contributed by atoms with Crippen molar-refractivity contribution in [1.29, 1.82) is 0 Å². The number of aliphatic carboxylic acids is 1. The zero-order valence-corrected chi connectivity index (χ0v) is 12.0. The van der Waals surface area contributed by atoms with Crippen molar-refractivity contribution >= 4 is 11.9 Å². The summed E-state index contributed by atoms with van der Waals surface area (Å²) in [4.78, 5) is 25.0. The summed E-state index contributed by atoms with van der Waals surface area (Å²) < 4.78 is 1.64. The number of hydrogen-bond donors (Lipinski definition) is 1. The van der Waals surface area contributed by atoms with Crippen LogP contribution >= 0.6 is 0 Å². The van der Waals surface area contributed by atoms with Crippen LogP contribution < -0.4 is 0 Å². The minimum atomic E-state index is -1.09. The molecule has 1 rings (SSSR count). The van der Waals surface area contributed by atoms with E-state index in [-0.39, 0.29) is 5.91 Å². The van der Waals surface area contributed by atoms with Gasteiger partial charge in [0.1, 0.15) is 5.92 Å². The molecule has 0 saturated carbocycles. The zero-order valence-electron chi connectivity index (χ0n) is 12.0. The van der Waals surface area contributed by atoms with Crippen molar-refractivity contribution in [1.82, 2.24) is 14.7 Å². The highest BCUT2D eigenvalue weighted by atomic mass is 16.4. The predicted octanol–water partition coefficient (Wildman–Crippen LogP) is 1.13. The number of carboxylic acid groups (broad SMARTS) is 1. The molecule has 0 bridgehead atoms. The van der Waals surface area contributed by atoms with Gasteiger partial charge >= 0.3 is 5.97 Å². The van der Waals surface area contributed by atoms with E-state index in [9.17, 15) is 14.7 Å². The Kier molecular flexibility index (Phi) is 4.34. The lowest BCUT2D eigenvalue weighted by molar-refractivity contribution is -0.155. The molecular formula is C13H21N3O3. The molecule has 106 valence electrons. The van der Waals surface area contributed by atoms with Gasteiger partial charge in [0.05, 0.1) is 6.20 Å². The molecule has 0 radical (unpaired) electrons. The van der Waals surface area contributed by atoms with Crippen LogP contribution in [-0.2, 0) is 23.2 Å². The first kappa shape index (κ1) is 15.2. The molecule has 19 heavy (non-hydrogen) atoms. The van der Waals surface area contributed by atoms with Gasteiger partial charge in [-0.2, -0.15) is 5.10 Å². The molecule has 0 spiro atoms. The van der Waals surface area contributed by atoms with E-state index >= 15 is 0 Å². The Bertz CT molecular complexity index is 474. The maximum atomic E-state index is 12.3. The molecule has 1 atom stereocenters. The van der Waals surface area contributed by atoms with Crippen LogP contribution in [0.4, 0.5) is 0 Å². The van der Waals surface area contributed by atoms with Gasteiger partial charge in [0, 0.05) is 32.4 Å². The number of carbonyl (C=O) groups excluding carboxylic acids is 1. The molecule has 0 aliphatic rings. The average molecular weight is 267 g/mol. The fourth-order valence-electron chi connectivity index (χ4n) is 1.97. The summed E-state index contributed by atoms with van der Waals surface area (Å²) in [6, 6.07) is 0. The number of rotatable bonds is 4. The van der Waals surface area contributed by atoms with Crippen LogP contribution in [0.25, 0.3) is 0 Å². The van der Waals surface area contributed by atoms with Crippen molar-refractivity contribution in [3.8, 4) is 0 Å². The standard InChI is InChI=1S/C13H21N3O3/c1-13(2,3)10(12(18)19)11(17)15(4)7-9-6-14-16(5)8-9/h6,8,10H,7H2,1-5H3,(H,18,19). The fourth-order valence-corrected chi connectivity index (χ4v) is 1.97. The minimum absolute atomic E-state index is 0.354. The van der Waals surface area contributed by atoms with Crippen molar-refractivity contribution in [2.45, 2.75) is 27.3 Å². The van der Waals surface area contributed by atoms with Gasteiger partial charge in [-0.05, 0) is 5.41 Å². The molecule has 6 heteroatoms. The molecule has 6 nitrogen and oxygen atoms in total. The highest BCUT2D eigenvalue weighted by Gasteiger charge is 2.39. The summed E-state index contributed by atoms with van der Waals surface area (Å²) in [6.07, 6.45) is 3.47. The normalized spacial score (nSPS) is 13.1. The quantitative estimate of drug-likeness (QED) is 0.830. The van der Waals surface area contributed by atoms with Gasteiger partial charge in [-0.3, -0.25) is 14.3 Å². The zero-order chi connectivity index (χ0) is 14.8. The van der Waals surface area contributed by atoms with Gasteiger partial charge in [0.15, 0.2) is 0 Å². The Morgan fingerprint density at radius 1 is 1.47 bits per heavy atom. The summed E-state index contributed by atoms with van der Waals surface area (Å²) in [5.41, 5.74) is 0.253. The van der Waals surface area contributed by atoms with Crippen molar-refractivity contribution in [2.24, 2.45) is 18.4 Å². The van der Waals surface area contributed by atoms with Gasteiger partial charge in [-0.1, -0.05) is 20.8 Å². The number of nitrogens with zero attached hydrogens (tertiary/aromatic N) is 3. The van der Waals surface area contributed by atoms with E-state index in [0.29, 0.717) is 6.54 Å². The molecule has 1 unspecified atom stereocenters. The Morgan fingerprint density at radius 3 is 2.42 bits per heavy atom. The van der Waals surface area contributed by atoms with E-state index in [2.05, 4.69) is 5.10 Å². The minimum Gasteiger partial charge on any atom is -0.481 e. The largest absolute Gasteiger partial charge is 0.481 e. The van der Waals surface area contributed by atoms with E-state index in [0.717, 1.165) is 5.56 Å². The van der Waals surface area contributed by atoms with Crippen LogP contribution in [0.2, 0.25) is 0 Å². The van der Waals surface area contributed by atoms with Gasteiger partial charge in [0.25, 0.3) is 0 Å². The van der Waals surface area contributed by atoms with Crippen molar-refractivity contribution in [3.05, 3.63) is 18.0 Å². The van der Waals surface area contributed by atoms with E-state index < -0.39 is 17.3 Å². The number of amides is 1. The van der Waals surface area contributed by atoms with Crippen molar-refractivity contribution in [3.63, 3.8) is 0 Å². The highest BCUT2D eigenvalue weighted by Crippen LogP contribution is 2.28. The second kappa shape index (κ2) is 5.42. The van der Waals surface area contributed by atoms with E-state index in [1.165, 1.54) is 4.90 Å². The monoisotopic (exact) mass is 267 g/mol. The SMILES string of the molecule is CN(Cc1cnn(C)c1)C(=O)C(C(=O)O)C(C)(C)C. The topological polar surface area (TPSA) is 75.4 Å². The summed E-state index contributed by atoms with van der Waals surface area (Å²) >= 11 is 0. The Labute approximate surface area is 113 Å². The first-order chi connectivity index (χ1) is 8.62. The fraction of sp³-hybridized carbons (Fsp3) is 0.615. The second-order valence-corrected chi connectivity index (χ2v) is 5.85. The third-order valence-corrected chi connectivity index (χ3v) is 2.91. The molecule has 0 aliphatic carbocycles. The molecule has 0 fully saturated rings. The summed E-state index contributed by atoms with van der Waals surface area (Å²) in [7, 11) is 3.40. The van der Waals surface area contributed by atoms with Gasteiger partial charge in [-0.25, -0.2) is 0 Å². The maximum Gasteiger partial charge on any atom is 0.316 e. The number of aryl methyl sites for hydroxylation is 1. The van der Waals surface area contributed by atoms with E-state index in [1.54, 1.807) is 51.9 Å². The highest BCUT2D eigenvalue weighted by molar-refractivity contribution is 5.97. The van der Waals surface area contributed by atoms with Crippen LogP contribution in [0, 0.1) is 11.3 Å². The second-order valence-electron chi connectivity index (χ2n) is 5.85. The van der Waals surface area contributed by atoms with Crippen LogP contribution in [0.15, 0.2) is 12.4 Å². The molecule has 0 saturated heterocycles. The molecule has 0 aliphatic heterocycles. The molecule has 1 heterocycles. The molecule has 1 aromatic rings. The van der Waals surface area contributed by atoms with Gasteiger partial charge < -0.3 is 10.0 Å². The van der Waals surface area contributed by atoms with Crippen LogP contribution in [-0.4, -0.2) is 38.7 Å². The van der Waals surface area contributed by atoms with Gasteiger partial charge in [-0.15, -0.1) is 0 Å². The van der Waals surface area contributed by atoms with Gasteiger partial charge in [0.2, 0.25) is 5.91 Å². The number of carbonyl (C=O) groups is 2. The third-order valence-electron chi connectivity index (χ3n) is 2.91. The lowest BCUT2D eigenvalue weighted by Crippen LogP contribution is -2.43. The average Bonchev–Trinajstić information content (AvgIpc) is 2.60. The van der Waals surface area contributed by atoms with Crippen LogP contribution in [0.5, 0.6) is 0 Å². The molecule has 1 aromatic heterocycles. The first-order valence-electron chi connectivity index (χ1n) is 6.08. The Balaban J connectivity index is 2.83. The predicted molar refractivity (Wildman–Crippen MR) is 70.3 cm³/mol. The molecule has 1 amide bonds. The first-order valence-corrected chi connectivity index (χ1v) is 6.08. The third kappa shape index (κ3) is 3.81. The Hall–Kier alpha value is -1.85. The molecular weight excluding hydrogens is 246 g/mol. The number of hydrogen-bond acceptors (Lipinski definition) is 3. The van der Waals surface area contributed by atoms with Crippen molar-refractivity contribution in [2.75, 3.05) is 7.05 Å². The number of carboxylic acids is 1. The summed E-state index contributed by atoms with van der Waals surface area (Å²) in [5.74, 6) is -2.52. The molecule has 0 aromatic carbocycles. The summed E-state index contributed by atoms with van der Waals surface area (Å²) in [6.45, 7) is 5.61. The summed E-state index contributed by atoms with van der Waals surface area (Å²) in [5, 5.41) is 13.3. The smallest absolute Gasteiger partial charge is 0.316 e. The van der Waals surface area contributed by atoms with E-state index in [4.69, 9.17) is 0 Å². The lowest BCUT2D eigenvalue weighted by Gasteiger charge is -2.29. The van der Waals surface area contributed by atoms with Crippen LogP contribution in [0.1, 0.15) is 26.3 Å². The van der Waals surface area contributed by atoms with E-state index in [1.807, 2.05) is 0 Å².